The topological polar surface area (TPSA) is 127 Å². The number of aromatic nitrogens is 1. The van der Waals surface area contributed by atoms with Gasteiger partial charge in [0.25, 0.3) is 11.8 Å². The van der Waals surface area contributed by atoms with Gasteiger partial charge in [-0.05, 0) is 73.6 Å². The van der Waals surface area contributed by atoms with Gasteiger partial charge in [-0.15, -0.1) is 0 Å². The molecule has 2 aliphatic heterocycles. The summed E-state index contributed by atoms with van der Waals surface area (Å²) >= 11 is 0. The summed E-state index contributed by atoms with van der Waals surface area (Å²) in [6.45, 7) is 9.00. The van der Waals surface area contributed by atoms with E-state index in [2.05, 4.69) is 31.3 Å². The van der Waals surface area contributed by atoms with Crippen LogP contribution >= 0.6 is 0 Å². The predicted molar refractivity (Wildman–Crippen MR) is 159 cm³/mol. The lowest BCUT2D eigenvalue weighted by atomic mass is 9.95. The van der Waals surface area contributed by atoms with Crippen LogP contribution in [0.2, 0.25) is 0 Å². The van der Waals surface area contributed by atoms with Crippen LogP contribution in [0.5, 0.6) is 5.75 Å². The van der Waals surface area contributed by atoms with Crippen molar-refractivity contribution in [1.82, 2.24) is 9.47 Å². The molecule has 1 atom stereocenters. The Balaban J connectivity index is 1.65. The van der Waals surface area contributed by atoms with E-state index in [1.54, 1.807) is 31.6 Å². The Hall–Kier alpha value is -4.37. The summed E-state index contributed by atoms with van der Waals surface area (Å²) in [6, 6.07) is 11.9. The molecule has 1 aromatic heterocycles. The van der Waals surface area contributed by atoms with Gasteiger partial charge >= 0.3 is 5.97 Å². The number of ether oxygens (including phenoxy) is 1. The zero-order chi connectivity index (χ0) is 29.6. The third-order valence-electron chi connectivity index (χ3n) is 8.23. The molecule has 5 rings (SSSR count). The van der Waals surface area contributed by atoms with Crippen LogP contribution in [0.4, 0.5) is 5.69 Å². The first-order chi connectivity index (χ1) is 19.5. The Kier molecular flexibility index (Phi) is 7.48. The fourth-order valence-corrected chi connectivity index (χ4v) is 6.10. The van der Waals surface area contributed by atoms with Crippen LogP contribution in [0, 0.1) is 13.8 Å². The fraction of sp³-hybridized carbons (Fsp3) is 0.344. The lowest BCUT2D eigenvalue weighted by Crippen LogP contribution is -2.41. The monoisotopic (exact) mass is 556 g/mol. The zero-order valence-corrected chi connectivity index (χ0v) is 24.1. The molecule has 1 fully saturated rings. The van der Waals surface area contributed by atoms with Crippen molar-refractivity contribution in [2.75, 3.05) is 25.5 Å². The number of anilines is 1. The van der Waals surface area contributed by atoms with Crippen molar-refractivity contribution in [2.45, 2.75) is 52.6 Å². The second-order valence-electron chi connectivity index (χ2n) is 11.1. The molecule has 4 N–H and O–H groups in total. The third kappa shape index (κ3) is 4.91. The van der Waals surface area contributed by atoms with Crippen LogP contribution in [-0.2, 0) is 9.59 Å². The van der Waals surface area contributed by atoms with E-state index in [0.717, 1.165) is 29.7 Å². The molecule has 3 heterocycles. The zero-order valence-electron chi connectivity index (χ0n) is 24.1. The van der Waals surface area contributed by atoms with Gasteiger partial charge in [0.2, 0.25) is 0 Å². The Bertz CT molecular complexity index is 1590. The number of amides is 2. The first-order valence-corrected chi connectivity index (χ1v) is 13.9. The van der Waals surface area contributed by atoms with Crippen molar-refractivity contribution in [3.8, 4) is 16.9 Å². The Labute approximate surface area is 239 Å². The van der Waals surface area contributed by atoms with Crippen molar-refractivity contribution < 1.29 is 24.2 Å². The van der Waals surface area contributed by atoms with Crippen LogP contribution < -0.4 is 15.8 Å². The first-order valence-electron chi connectivity index (χ1n) is 13.9. The number of nitrogens with one attached hydrogen (secondary N) is 1. The maximum atomic E-state index is 13.3. The molecule has 3 aromatic rings. The fourth-order valence-electron chi connectivity index (χ4n) is 6.10. The number of carboxylic acids is 1. The van der Waals surface area contributed by atoms with E-state index in [9.17, 15) is 19.5 Å². The first kappa shape index (κ1) is 28.2. The molecule has 2 aromatic carbocycles. The molecule has 1 unspecified atom stereocenters. The van der Waals surface area contributed by atoms with Gasteiger partial charge in [-0.3, -0.25) is 14.5 Å². The van der Waals surface area contributed by atoms with Crippen LogP contribution in [0.1, 0.15) is 77.2 Å². The highest BCUT2D eigenvalue weighted by atomic mass is 16.5. The number of carbonyl (C=O) groups is 3. The van der Waals surface area contributed by atoms with E-state index in [4.69, 9.17) is 10.5 Å². The number of carbonyl (C=O) groups excluding carboxylic acids is 2. The number of fused-ring (bicyclic) bond motifs is 1. The summed E-state index contributed by atoms with van der Waals surface area (Å²) in [6.07, 6.45) is 2.67. The molecular formula is C32H36N4O5. The van der Waals surface area contributed by atoms with Crippen LogP contribution in [-0.4, -0.2) is 52.6 Å². The summed E-state index contributed by atoms with van der Waals surface area (Å²) in [7, 11) is 1.64. The van der Waals surface area contributed by atoms with Crippen LogP contribution in [0.15, 0.2) is 36.4 Å². The lowest BCUT2D eigenvalue weighted by Gasteiger charge is -2.29. The Morgan fingerprint density at radius 2 is 1.78 bits per heavy atom. The molecule has 9 nitrogen and oxygen atoms in total. The molecule has 0 bridgehead atoms. The highest BCUT2D eigenvalue weighted by Crippen LogP contribution is 2.41. The number of rotatable bonds is 8. The number of hydrogen-bond acceptors (Lipinski definition) is 5. The summed E-state index contributed by atoms with van der Waals surface area (Å²) in [5.74, 6) is -0.897. The molecular weight excluding hydrogens is 520 g/mol. The molecule has 0 saturated carbocycles. The third-order valence-corrected chi connectivity index (χ3v) is 8.23. The van der Waals surface area contributed by atoms with E-state index in [1.807, 2.05) is 29.2 Å². The van der Waals surface area contributed by atoms with E-state index < -0.39 is 18.0 Å². The minimum Gasteiger partial charge on any atom is -0.496 e. The number of primary amides is 1. The Morgan fingerprint density at radius 3 is 2.39 bits per heavy atom. The maximum Gasteiger partial charge on any atom is 0.337 e. The van der Waals surface area contributed by atoms with Gasteiger partial charge < -0.3 is 25.5 Å². The van der Waals surface area contributed by atoms with Crippen molar-refractivity contribution in [1.29, 1.82) is 0 Å². The van der Waals surface area contributed by atoms with Crippen LogP contribution in [0.25, 0.3) is 22.8 Å². The molecule has 2 amide bonds. The molecule has 9 heteroatoms. The van der Waals surface area contributed by atoms with E-state index in [-0.39, 0.29) is 11.5 Å². The SMILES string of the molecule is COc1ccc(C(C)C)cc1-c1ccc2c(c1)NC(=O)C2=Cc1c(C)c(C(=O)O)c(C)n1C(C(N)=O)N1CCCC1. The molecule has 0 spiro atoms. The highest BCUT2D eigenvalue weighted by molar-refractivity contribution is 6.35. The van der Waals surface area contributed by atoms with Crippen LogP contribution in [0.3, 0.4) is 0 Å². The van der Waals surface area contributed by atoms with Gasteiger partial charge in [0.05, 0.1) is 18.2 Å². The van der Waals surface area contributed by atoms with Gasteiger partial charge in [-0.2, -0.15) is 0 Å². The predicted octanol–water partition coefficient (Wildman–Crippen LogP) is 5.17. The minimum atomic E-state index is -1.10. The van der Waals surface area contributed by atoms with E-state index in [0.29, 0.717) is 52.8 Å². The quantitative estimate of drug-likeness (QED) is 0.329. The number of nitrogens with zero attached hydrogens (tertiary/aromatic N) is 2. The van der Waals surface area contributed by atoms with Gasteiger partial charge in [0.1, 0.15) is 5.75 Å². The average Bonchev–Trinajstić information content (AvgIpc) is 3.62. The van der Waals surface area contributed by atoms with Gasteiger partial charge in [0.15, 0.2) is 6.17 Å². The molecule has 0 radical (unpaired) electrons. The largest absolute Gasteiger partial charge is 0.496 e. The molecule has 41 heavy (non-hydrogen) atoms. The number of hydrogen-bond donors (Lipinski definition) is 3. The summed E-state index contributed by atoms with van der Waals surface area (Å²) in [5, 5.41) is 13.0. The number of methoxy groups -OCH3 is 1. The van der Waals surface area contributed by atoms with Gasteiger partial charge in [-0.25, -0.2) is 4.79 Å². The summed E-state index contributed by atoms with van der Waals surface area (Å²) in [5.41, 5.74) is 12.1. The van der Waals surface area contributed by atoms with Gasteiger partial charge in [-0.1, -0.05) is 32.0 Å². The van der Waals surface area contributed by atoms with Crippen molar-refractivity contribution in [2.24, 2.45) is 5.73 Å². The number of aromatic carboxylic acids is 1. The van der Waals surface area contributed by atoms with Gasteiger partial charge in [0, 0.05) is 41.3 Å². The molecule has 1 saturated heterocycles. The summed E-state index contributed by atoms with van der Waals surface area (Å²) < 4.78 is 7.31. The van der Waals surface area contributed by atoms with Crippen molar-refractivity contribution in [3.05, 3.63) is 70.0 Å². The molecule has 0 aliphatic carbocycles. The number of carboxylic acid groups (broad SMARTS) is 1. The Morgan fingerprint density at radius 1 is 1.07 bits per heavy atom. The lowest BCUT2D eigenvalue weighted by molar-refractivity contribution is -0.126. The smallest absolute Gasteiger partial charge is 0.337 e. The second-order valence-corrected chi connectivity index (χ2v) is 11.1. The van der Waals surface area contributed by atoms with Crippen molar-refractivity contribution >= 4 is 35.1 Å². The van der Waals surface area contributed by atoms with E-state index in [1.165, 1.54) is 5.56 Å². The standard InChI is InChI=1S/C32H36N4O5/c1-17(2)20-9-11-27(41-5)23(14-20)21-8-10-22-24(30(38)34-25(22)15-21)16-26-18(3)28(32(39)40)19(4)36(26)31(29(33)37)35-12-6-7-13-35/h8-11,14-17,31H,6-7,12-13H2,1-5H3,(H2,33,37)(H,34,38)(H,39,40). The van der Waals surface area contributed by atoms with E-state index >= 15 is 0 Å². The number of nitrogens with two attached hydrogens (primary N) is 1. The number of benzene rings is 2. The highest BCUT2D eigenvalue weighted by Gasteiger charge is 2.35. The molecule has 2 aliphatic rings. The number of likely N-dealkylation sites (tertiary alicyclic amines) is 1. The summed E-state index contributed by atoms with van der Waals surface area (Å²) in [4.78, 5) is 40.3. The molecule has 214 valence electrons. The van der Waals surface area contributed by atoms with Crippen molar-refractivity contribution in [3.63, 3.8) is 0 Å². The maximum absolute atomic E-state index is 13.3. The normalized spacial score (nSPS) is 16.7. The average molecular weight is 557 g/mol. The minimum absolute atomic E-state index is 0.105. The second kappa shape index (κ2) is 10.9.